The Morgan fingerprint density at radius 1 is 1.40 bits per heavy atom. The second-order valence-corrected chi connectivity index (χ2v) is 8.15. The molecule has 5 rings (SSSR count). The van der Waals surface area contributed by atoms with Gasteiger partial charge in [0.05, 0.1) is 36.8 Å². The number of pyridine rings is 1. The predicted octanol–water partition coefficient (Wildman–Crippen LogP) is 2.43. The lowest BCUT2D eigenvalue weighted by atomic mass is 10.2. The Morgan fingerprint density at radius 2 is 2.23 bits per heavy atom. The molecule has 0 bridgehead atoms. The number of aromatic nitrogens is 5. The largest absolute Gasteiger partial charge is 0.479 e. The number of carbonyl (C=O) groups is 1. The molecule has 0 saturated heterocycles. The summed E-state index contributed by atoms with van der Waals surface area (Å²) in [6, 6.07) is 5.91. The Labute approximate surface area is 173 Å². The highest BCUT2D eigenvalue weighted by Gasteiger charge is 2.41. The average Bonchev–Trinajstić information content (AvgIpc) is 3.09. The summed E-state index contributed by atoms with van der Waals surface area (Å²) in [4.78, 5) is 22.0. The van der Waals surface area contributed by atoms with Crippen LogP contribution in [-0.4, -0.2) is 48.0 Å². The van der Waals surface area contributed by atoms with E-state index in [0.29, 0.717) is 24.0 Å². The van der Waals surface area contributed by atoms with Gasteiger partial charge in [0.2, 0.25) is 5.88 Å². The lowest BCUT2D eigenvalue weighted by molar-refractivity contribution is 0.102. The summed E-state index contributed by atoms with van der Waals surface area (Å²) >= 11 is 0. The summed E-state index contributed by atoms with van der Waals surface area (Å²) in [6.07, 6.45) is 6.96. The van der Waals surface area contributed by atoms with Crippen LogP contribution in [0.1, 0.15) is 48.4 Å². The first kappa shape index (κ1) is 18.8. The number of ether oxygens (including phenoxy) is 1. The fourth-order valence-corrected chi connectivity index (χ4v) is 3.96. The van der Waals surface area contributed by atoms with E-state index >= 15 is 0 Å². The minimum absolute atomic E-state index is 0.218. The van der Waals surface area contributed by atoms with Crippen LogP contribution in [0.15, 0.2) is 30.6 Å². The maximum absolute atomic E-state index is 12.9. The van der Waals surface area contributed by atoms with Crippen molar-refractivity contribution in [1.29, 1.82) is 0 Å². The van der Waals surface area contributed by atoms with Gasteiger partial charge in [-0.2, -0.15) is 0 Å². The zero-order valence-electron chi connectivity index (χ0n) is 17.0. The van der Waals surface area contributed by atoms with Gasteiger partial charge in [-0.05, 0) is 38.3 Å². The first-order valence-corrected chi connectivity index (χ1v) is 10.1. The molecule has 9 nitrogen and oxygen atoms in total. The summed E-state index contributed by atoms with van der Waals surface area (Å²) in [5.41, 5.74) is 1.30. The Morgan fingerprint density at radius 3 is 3.00 bits per heavy atom. The maximum atomic E-state index is 12.9. The van der Waals surface area contributed by atoms with Crippen molar-refractivity contribution in [3.63, 3.8) is 0 Å². The second-order valence-electron chi connectivity index (χ2n) is 8.15. The van der Waals surface area contributed by atoms with E-state index in [1.54, 1.807) is 16.9 Å². The zero-order valence-corrected chi connectivity index (χ0v) is 17.0. The van der Waals surface area contributed by atoms with Crippen molar-refractivity contribution in [2.24, 2.45) is 0 Å². The quantitative estimate of drug-likeness (QED) is 0.649. The number of amides is 1. The van der Waals surface area contributed by atoms with Crippen molar-refractivity contribution in [2.45, 2.75) is 50.8 Å². The minimum Gasteiger partial charge on any atom is -0.479 e. The van der Waals surface area contributed by atoms with E-state index in [9.17, 15) is 9.90 Å². The predicted molar refractivity (Wildman–Crippen MR) is 109 cm³/mol. The van der Waals surface area contributed by atoms with E-state index in [0.717, 1.165) is 42.9 Å². The number of nitrogens with one attached hydrogen (secondary N) is 1. The van der Waals surface area contributed by atoms with Gasteiger partial charge in [-0.15, -0.1) is 5.10 Å². The number of imidazole rings is 1. The van der Waals surface area contributed by atoms with Gasteiger partial charge < -0.3 is 19.7 Å². The monoisotopic (exact) mass is 408 g/mol. The molecule has 0 aromatic carbocycles. The molecule has 1 atom stereocenters. The summed E-state index contributed by atoms with van der Waals surface area (Å²) in [5, 5.41) is 17.2. The summed E-state index contributed by atoms with van der Waals surface area (Å²) in [6.45, 7) is 2.52. The van der Waals surface area contributed by atoms with Gasteiger partial charge in [-0.1, -0.05) is 6.07 Å². The smallest absolute Gasteiger partial charge is 0.263 e. The molecule has 1 amide bonds. The number of carbonyl (C=O) groups excluding carboxylic acids is 1. The highest BCUT2D eigenvalue weighted by Crippen LogP contribution is 2.37. The van der Waals surface area contributed by atoms with E-state index in [1.807, 2.05) is 18.3 Å². The molecule has 1 saturated carbocycles. The number of aryl methyl sites for hydroxylation is 1. The van der Waals surface area contributed by atoms with E-state index in [4.69, 9.17) is 4.74 Å². The van der Waals surface area contributed by atoms with Crippen LogP contribution in [0.3, 0.4) is 0 Å². The number of hydrogen-bond acceptors (Lipinski definition) is 6. The molecule has 1 fully saturated rings. The zero-order chi connectivity index (χ0) is 20.9. The van der Waals surface area contributed by atoms with Crippen molar-refractivity contribution < 1.29 is 14.6 Å². The molecule has 1 unspecified atom stereocenters. The molecule has 0 spiro atoms. The van der Waals surface area contributed by atoms with Gasteiger partial charge in [-0.3, -0.25) is 9.48 Å². The van der Waals surface area contributed by atoms with Crippen molar-refractivity contribution in [2.75, 3.05) is 12.4 Å². The molecule has 3 aromatic heterocycles. The van der Waals surface area contributed by atoms with Crippen molar-refractivity contribution in [1.82, 2.24) is 24.3 Å². The van der Waals surface area contributed by atoms with Crippen molar-refractivity contribution >= 4 is 11.7 Å². The van der Waals surface area contributed by atoms with Gasteiger partial charge in [0.25, 0.3) is 5.91 Å². The fourth-order valence-electron chi connectivity index (χ4n) is 3.96. The fraction of sp³-hybridized carbons (Fsp3) is 0.429. The summed E-state index contributed by atoms with van der Waals surface area (Å²) in [7, 11) is 1.47. The number of nitrogens with zero attached hydrogens (tertiary/aromatic N) is 5. The first-order chi connectivity index (χ1) is 14.5. The van der Waals surface area contributed by atoms with Crippen LogP contribution in [0.5, 0.6) is 5.88 Å². The van der Waals surface area contributed by atoms with E-state index < -0.39 is 5.60 Å². The molecule has 1 aliphatic carbocycles. The van der Waals surface area contributed by atoms with Crippen LogP contribution < -0.4 is 10.1 Å². The molecule has 0 radical (unpaired) electrons. The third-order valence-corrected chi connectivity index (χ3v) is 5.80. The van der Waals surface area contributed by atoms with Crippen LogP contribution >= 0.6 is 0 Å². The number of rotatable bonds is 6. The normalized spacial score (nSPS) is 18.8. The standard InChI is InChI=1S/C21H24N6O3/c1-13-6-7-18-22-10-16(27(13)18)15-4-3-5-17(23-15)24-19(28)14-11-26(25-20(14)30-2)12-21(29)8-9-21/h3-5,10-11,13,29H,6-9,12H2,1-2H3,(H,23,24,28). The molecular weight excluding hydrogens is 384 g/mol. The van der Waals surface area contributed by atoms with Crippen LogP contribution in [-0.2, 0) is 13.0 Å². The van der Waals surface area contributed by atoms with Gasteiger partial charge in [0.15, 0.2) is 0 Å². The number of aliphatic hydroxyl groups is 1. The Hall–Kier alpha value is -3.20. The van der Waals surface area contributed by atoms with Crippen LogP contribution in [0.25, 0.3) is 11.4 Å². The molecule has 4 heterocycles. The van der Waals surface area contributed by atoms with Gasteiger partial charge in [0.1, 0.15) is 17.2 Å². The first-order valence-electron chi connectivity index (χ1n) is 10.1. The Kier molecular flexibility index (Phi) is 4.35. The third-order valence-electron chi connectivity index (χ3n) is 5.80. The third kappa shape index (κ3) is 3.35. The highest BCUT2D eigenvalue weighted by atomic mass is 16.5. The number of hydrogen-bond donors (Lipinski definition) is 2. The Balaban J connectivity index is 1.38. The average molecular weight is 408 g/mol. The topological polar surface area (TPSA) is 107 Å². The minimum atomic E-state index is -0.719. The SMILES string of the molecule is COc1nn(CC2(O)CC2)cc1C(=O)Nc1cccc(-c2cnc3n2C(C)CC3)n1. The van der Waals surface area contributed by atoms with Crippen LogP contribution in [0, 0.1) is 0 Å². The van der Waals surface area contributed by atoms with Crippen molar-refractivity contribution in [3.05, 3.63) is 42.0 Å². The molecule has 2 N–H and O–H groups in total. The molecule has 1 aliphatic heterocycles. The van der Waals surface area contributed by atoms with Crippen LogP contribution in [0.4, 0.5) is 5.82 Å². The van der Waals surface area contributed by atoms with E-state index in [1.165, 1.54) is 7.11 Å². The Bertz CT molecular complexity index is 1110. The lowest BCUT2D eigenvalue weighted by Gasteiger charge is -2.12. The summed E-state index contributed by atoms with van der Waals surface area (Å²) in [5.74, 6) is 1.37. The number of anilines is 1. The van der Waals surface area contributed by atoms with E-state index in [-0.39, 0.29) is 11.8 Å². The molecule has 2 aliphatic rings. The maximum Gasteiger partial charge on any atom is 0.263 e. The second kappa shape index (κ2) is 6.94. The highest BCUT2D eigenvalue weighted by molar-refractivity contribution is 6.05. The van der Waals surface area contributed by atoms with E-state index in [2.05, 4.69) is 31.9 Å². The molecular formula is C21H24N6O3. The number of fused-ring (bicyclic) bond motifs is 1. The molecule has 30 heavy (non-hydrogen) atoms. The lowest BCUT2D eigenvalue weighted by Crippen LogP contribution is -2.17. The van der Waals surface area contributed by atoms with Crippen LogP contribution in [0.2, 0.25) is 0 Å². The molecule has 9 heteroatoms. The van der Waals surface area contributed by atoms with Crippen molar-refractivity contribution in [3.8, 4) is 17.3 Å². The summed E-state index contributed by atoms with van der Waals surface area (Å²) < 4.78 is 9.03. The van der Waals surface area contributed by atoms with Gasteiger partial charge in [0, 0.05) is 18.7 Å². The number of methoxy groups -OCH3 is 1. The molecule has 156 valence electrons. The molecule has 3 aromatic rings. The van der Waals surface area contributed by atoms with Gasteiger partial charge >= 0.3 is 0 Å². The van der Waals surface area contributed by atoms with Gasteiger partial charge in [-0.25, -0.2) is 9.97 Å².